The van der Waals surface area contributed by atoms with Gasteiger partial charge in [0.1, 0.15) is 6.54 Å². The summed E-state index contributed by atoms with van der Waals surface area (Å²) in [6.07, 6.45) is 7.05. The minimum Gasteiger partial charge on any atom is -0.357 e. The first kappa shape index (κ1) is 19.4. The lowest BCUT2D eigenvalue weighted by atomic mass is 9.79. The molecule has 0 spiro atoms. The highest BCUT2D eigenvalue weighted by Crippen LogP contribution is 2.35. The molecule has 1 fully saturated rings. The summed E-state index contributed by atoms with van der Waals surface area (Å²) in [6, 6.07) is 16.9. The van der Waals surface area contributed by atoms with Crippen LogP contribution >= 0.6 is 0 Å². The largest absolute Gasteiger partial charge is 0.357 e. The van der Waals surface area contributed by atoms with E-state index in [0.29, 0.717) is 12.5 Å². The van der Waals surface area contributed by atoms with E-state index >= 15 is 0 Å². The number of aliphatic imine (C=N–C) groups is 1. The molecule has 1 saturated carbocycles. The van der Waals surface area contributed by atoms with E-state index in [9.17, 15) is 0 Å². The third-order valence-electron chi connectivity index (χ3n) is 5.78. The molecule has 2 aromatic heterocycles. The van der Waals surface area contributed by atoms with Crippen molar-refractivity contribution in [2.45, 2.75) is 45.1 Å². The van der Waals surface area contributed by atoms with Gasteiger partial charge >= 0.3 is 0 Å². The average molecular weight is 391 g/mol. The summed E-state index contributed by atoms with van der Waals surface area (Å²) < 4.78 is 1.98. The molecule has 0 bridgehead atoms. The fourth-order valence-electron chi connectivity index (χ4n) is 4.16. The van der Waals surface area contributed by atoms with Crippen LogP contribution in [0.1, 0.15) is 49.9 Å². The van der Waals surface area contributed by atoms with Crippen LogP contribution in [0.4, 0.5) is 0 Å². The van der Waals surface area contributed by atoms with Gasteiger partial charge in [0.2, 0.25) is 0 Å². The third kappa shape index (κ3) is 4.94. The predicted octanol–water partition coefficient (Wildman–Crippen LogP) is 3.76. The summed E-state index contributed by atoms with van der Waals surface area (Å²) in [4.78, 5) is 4.72. The zero-order valence-corrected chi connectivity index (χ0v) is 17.1. The monoisotopic (exact) mass is 390 g/mol. The molecule has 0 radical (unpaired) electrons. The van der Waals surface area contributed by atoms with Gasteiger partial charge in [-0.3, -0.25) is 4.40 Å². The fourth-order valence-corrected chi connectivity index (χ4v) is 4.16. The first-order valence-electron chi connectivity index (χ1n) is 10.7. The maximum Gasteiger partial charge on any atom is 0.191 e. The normalized spacial score (nSPS) is 20.0. The Morgan fingerprint density at radius 2 is 1.79 bits per heavy atom. The molecule has 152 valence electrons. The number of fused-ring (bicyclic) bond motifs is 1. The minimum absolute atomic E-state index is 0.501. The van der Waals surface area contributed by atoms with Gasteiger partial charge in [0.05, 0.1) is 0 Å². The van der Waals surface area contributed by atoms with Crippen LogP contribution in [-0.2, 0) is 6.54 Å². The molecule has 0 atom stereocenters. The Hall–Kier alpha value is -2.89. The Balaban J connectivity index is 1.30. The Morgan fingerprint density at radius 1 is 1.00 bits per heavy atom. The zero-order valence-electron chi connectivity index (χ0n) is 17.1. The van der Waals surface area contributed by atoms with Crippen LogP contribution in [0, 0.1) is 5.92 Å². The molecule has 2 heterocycles. The molecular formula is C23H30N6. The van der Waals surface area contributed by atoms with Crippen LogP contribution in [-0.4, -0.2) is 33.6 Å². The smallest absolute Gasteiger partial charge is 0.191 e. The Labute approximate surface area is 172 Å². The molecule has 2 N–H and O–H groups in total. The molecule has 0 aliphatic heterocycles. The van der Waals surface area contributed by atoms with Gasteiger partial charge in [0.25, 0.3) is 0 Å². The standard InChI is InChI=1S/C23H30N6/c1-2-24-23(26-17-22-28-27-21-10-6-7-15-29(21)22)25-16-18-11-13-20(14-12-18)19-8-4-3-5-9-19/h3-10,15,18,20H,2,11-14,16-17H2,1H3,(H2,24,25,26). The number of nitrogens with one attached hydrogen (secondary N) is 2. The van der Waals surface area contributed by atoms with E-state index in [2.05, 4.69) is 58.1 Å². The van der Waals surface area contributed by atoms with Crippen molar-refractivity contribution in [3.05, 3.63) is 66.1 Å². The summed E-state index contributed by atoms with van der Waals surface area (Å²) in [6.45, 7) is 4.40. The lowest BCUT2D eigenvalue weighted by Crippen LogP contribution is -2.40. The Morgan fingerprint density at radius 3 is 2.59 bits per heavy atom. The molecule has 6 nitrogen and oxygen atoms in total. The van der Waals surface area contributed by atoms with Crippen molar-refractivity contribution in [2.75, 3.05) is 13.1 Å². The van der Waals surface area contributed by atoms with Crippen molar-refractivity contribution in [1.82, 2.24) is 25.2 Å². The first-order valence-corrected chi connectivity index (χ1v) is 10.7. The van der Waals surface area contributed by atoms with E-state index in [0.717, 1.165) is 36.4 Å². The highest BCUT2D eigenvalue weighted by molar-refractivity contribution is 5.79. The quantitative estimate of drug-likeness (QED) is 0.497. The summed E-state index contributed by atoms with van der Waals surface area (Å²) in [5, 5.41) is 15.3. The lowest BCUT2D eigenvalue weighted by molar-refractivity contribution is 0.324. The zero-order chi connectivity index (χ0) is 19.9. The van der Waals surface area contributed by atoms with Crippen LogP contribution in [0.3, 0.4) is 0 Å². The van der Waals surface area contributed by atoms with Crippen LogP contribution in [0.2, 0.25) is 0 Å². The molecule has 0 amide bonds. The number of hydrogen-bond donors (Lipinski definition) is 2. The number of guanidine groups is 1. The fraction of sp³-hybridized carbons (Fsp3) is 0.435. The van der Waals surface area contributed by atoms with Gasteiger partial charge < -0.3 is 10.6 Å². The summed E-state index contributed by atoms with van der Waals surface area (Å²) in [7, 11) is 0. The highest BCUT2D eigenvalue weighted by Gasteiger charge is 2.22. The van der Waals surface area contributed by atoms with Crippen molar-refractivity contribution in [3.8, 4) is 0 Å². The molecule has 1 aliphatic rings. The lowest BCUT2D eigenvalue weighted by Gasteiger charge is -2.29. The molecule has 0 unspecified atom stereocenters. The second kappa shape index (κ2) is 9.54. The van der Waals surface area contributed by atoms with E-state index in [1.54, 1.807) is 0 Å². The number of aromatic nitrogens is 3. The second-order valence-corrected chi connectivity index (χ2v) is 7.75. The minimum atomic E-state index is 0.501. The average Bonchev–Trinajstić information content (AvgIpc) is 3.20. The highest BCUT2D eigenvalue weighted by atomic mass is 15.3. The van der Waals surface area contributed by atoms with Crippen LogP contribution in [0.15, 0.2) is 59.7 Å². The number of benzene rings is 1. The van der Waals surface area contributed by atoms with E-state index in [1.807, 2.05) is 28.8 Å². The maximum atomic E-state index is 4.72. The maximum absolute atomic E-state index is 4.72. The van der Waals surface area contributed by atoms with Gasteiger partial charge in [-0.1, -0.05) is 36.4 Å². The molecule has 6 heteroatoms. The number of pyridine rings is 1. The van der Waals surface area contributed by atoms with Gasteiger partial charge in [-0.05, 0) is 62.1 Å². The summed E-state index contributed by atoms with van der Waals surface area (Å²) in [5.41, 5.74) is 2.35. The number of hydrogen-bond acceptors (Lipinski definition) is 3. The van der Waals surface area contributed by atoms with Crippen LogP contribution in [0.5, 0.6) is 0 Å². The van der Waals surface area contributed by atoms with Gasteiger partial charge in [0.15, 0.2) is 17.4 Å². The molecule has 0 saturated heterocycles. The van der Waals surface area contributed by atoms with E-state index in [1.165, 1.54) is 31.2 Å². The Kier molecular flexibility index (Phi) is 6.39. The van der Waals surface area contributed by atoms with Gasteiger partial charge in [-0.2, -0.15) is 0 Å². The Bertz CT molecular complexity index is 925. The SMILES string of the molecule is CCNC(=NCc1nnc2ccccn12)NCC1CCC(c2ccccc2)CC1. The molecule has 1 aliphatic carbocycles. The molecule has 4 rings (SSSR count). The molecule has 1 aromatic carbocycles. The third-order valence-corrected chi connectivity index (χ3v) is 5.78. The van der Waals surface area contributed by atoms with E-state index in [-0.39, 0.29) is 0 Å². The van der Waals surface area contributed by atoms with E-state index < -0.39 is 0 Å². The van der Waals surface area contributed by atoms with Gasteiger partial charge in [-0.15, -0.1) is 10.2 Å². The van der Waals surface area contributed by atoms with E-state index in [4.69, 9.17) is 4.99 Å². The topological polar surface area (TPSA) is 66.6 Å². The first-order chi connectivity index (χ1) is 14.3. The molecule has 29 heavy (non-hydrogen) atoms. The predicted molar refractivity (Wildman–Crippen MR) is 117 cm³/mol. The molecule has 3 aromatic rings. The number of nitrogens with zero attached hydrogens (tertiary/aromatic N) is 4. The van der Waals surface area contributed by atoms with Crippen molar-refractivity contribution in [1.29, 1.82) is 0 Å². The van der Waals surface area contributed by atoms with Crippen molar-refractivity contribution < 1.29 is 0 Å². The van der Waals surface area contributed by atoms with Crippen LogP contribution in [0.25, 0.3) is 5.65 Å². The summed E-state index contributed by atoms with van der Waals surface area (Å²) in [5.74, 6) is 3.12. The summed E-state index contributed by atoms with van der Waals surface area (Å²) >= 11 is 0. The molecular weight excluding hydrogens is 360 g/mol. The van der Waals surface area contributed by atoms with Crippen LogP contribution < -0.4 is 10.6 Å². The van der Waals surface area contributed by atoms with Gasteiger partial charge in [0, 0.05) is 19.3 Å². The van der Waals surface area contributed by atoms with Gasteiger partial charge in [-0.25, -0.2) is 4.99 Å². The second-order valence-electron chi connectivity index (χ2n) is 7.75. The van der Waals surface area contributed by atoms with Crippen molar-refractivity contribution >= 4 is 11.6 Å². The van der Waals surface area contributed by atoms with Crippen molar-refractivity contribution in [3.63, 3.8) is 0 Å². The number of rotatable bonds is 6. The van der Waals surface area contributed by atoms with Crippen molar-refractivity contribution in [2.24, 2.45) is 10.9 Å².